The number of benzene rings is 2. The first-order valence-electron chi connectivity index (χ1n) is 14.2. The van der Waals surface area contributed by atoms with E-state index in [2.05, 4.69) is 41.8 Å². The third-order valence-corrected chi connectivity index (χ3v) is 8.54. The van der Waals surface area contributed by atoms with E-state index in [4.69, 9.17) is 15.2 Å². The van der Waals surface area contributed by atoms with Gasteiger partial charge in [0.2, 0.25) is 0 Å². The maximum Gasteiger partial charge on any atom is 0.300 e. The van der Waals surface area contributed by atoms with Gasteiger partial charge in [0.25, 0.3) is 6.01 Å². The number of rotatable bonds is 5. The second kappa shape index (κ2) is 10.2. The molecule has 7 rings (SSSR count). The molecule has 2 aromatic carbocycles. The van der Waals surface area contributed by atoms with Crippen molar-refractivity contribution in [3.05, 3.63) is 54.4 Å². The van der Waals surface area contributed by atoms with Crippen molar-refractivity contribution in [2.24, 2.45) is 0 Å². The van der Waals surface area contributed by atoms with Gasteiger partial charge >= 0.3 is 0 Å². The monoisotopic (exact) mass is 537 g/mol. The largest absolute Gasteiger partial charge is 0.423 e. The second-order valence-corrected chi connectivity index (χ2v) is 11.2. The van der Waals surface area contributed by atoms with Gasteiger partial charge < -0.3 is 20.4 Å². The predicted molar refractivity (Wildman–Crippen MR) is 158 cm³/mol. The number of nitrogens with two attached hydrogens (primary N) is 1. The molecule has 0 atom stereocenters. The summed E-state index contributed by atoms with van der Waals surface area (Å²) in [6.07, 6.45) is 6.08. The molecule has 1 saturated carbocycles. The normalized spacial score (nSPS) is 20.9. The quantitative estimate of drug-likeness (QED) is 0.320. The Kier molecular flexibility index (Phi) is 6.36. The van der Waals surface area contributed by atoms with E-state index in [-0.39, 0.29) is 0 Å². The number of oxazole rings is 1. The SMILES string of the molecule is Cc1ccc2oc(Nc3ccc(-c4nn([C@H]5CC[C@@H](N6CCN(C)CC6)CC5)c5ncnc(N)c45)cc3)nc2c1. The van der Waals surface area contributed by atoms with Crippen LogP contribution in [0.3, 0.4) is 0 Å². The maximum absolute atomic E-state index is 6.40. The highest BCUT2D eigenvalue weighted by atomic mass is 16.4. The number of aryl methyl sites for hydroxylation is 1. The van der Waals surface area contributed by atoms with Crippen LogP contribution in [0.1, 0.15) is 37.3 Å². The number of nitrogens with zero attached hydrogens (tertiary/aromatic N) is 7. The van der Waals surface area contributed by atoms with E-state index in [1.54, 1.807) is 6.33 Å². The third-order valence-electron chi connectivity index (χ3n) is 8.54. The number of hydrogen-bond acceptors (Lipinski definition) is 9. The lowest BCUT2D eigenvalue weighted by Crippen LogP contribution is -2.49. The van der Waals surface area contributed by atoms with E-state index < -0.39 is 0 Å². The molecule has 0 bridgehead atoms. The Hall–Kier alpha value is -4.02. The van der Waals surface area contributed by atoms with Crippen LogP contribution in [0.5, 0.6) is 0 Å². The number of anilines is 3. The molecule has 1 aliphatic carbocycles. The van der Waals surface area contributed by atoms with Gasteiger partial charge in [-0.3, -0.25) is 4.90 Å². The zero-order valence-corrected chi connectivity index (χ0v) is 23.0. The Labute approximate surface area is 233 Å². The van der Waals surface area contributed by atoms with Crippen molar-refractivity contribution in [3.8, 4) is 11.3 Å². The average Bonchev–Trinajstić information content (AvgIpc) is 3.56. The van der Waals surface area contributed by atoms with E-state index in [0.717, 1.165) is 70.6 Å². The Morgan fingerprint density at radius 1 is 0.925 bits per heavy atom. The summed E-state index contributed by atoms with van der Waals surface area (Å²) >= 11 is 0. The summed E-state index contributed by atoms with van der Waals surface area (Å²) in [6.45, 7) is 6.70. The van der Waals surface area contributed by atoms with Crippen molar-refractivity contribution in [3.63, 3.8) is 0 Å². The molecule has 1 aliphatic heterocycles. The minimum Gasteiger partial charge on any atom is -0.423 e. The summed E-state index contributed by atoms with van der Waals surface area (Å²) in [5.41, 5.74) is 12.6. The van der Waals surface area contributed by atoms with Crippen LogP contribution in [0.4, 0.5) is 17.5 Å². The van der Waals surface area contributed by atoms with Gasteiger partial charge in [-0.1, -0.05) is 18.2 Å². The van der Waals surface area contributed by atoms with Crippen molar-refractivity contribution < 1.29 is 4.42 Å². The molecule has 2 fully saturated rings. The highest BCUT2D eigenvalue weighted by Gasteiger charge is 2.30. The fourth-order valence-electron chi connectivity index (χ4n) is 6.23. The first-order chi connectivity index (χ1) is 19.5. The van der Waals surface area contributed by atoms with Gasteiger partial charge in [-0.05, 0) is 69.5 Å². The lowest BCUT2D eigenvalue weighted by molar-refractivity contribution is 0.0815. The second-order valence-electron chi connectivity index (χ2n) is 11.2. The van der Waals surface area contributed by atoms with Crippen LogP contribution < -0.4 is 11.1 Å². The molecule has 5 aromatic rings. The van der Waals surface area contributed by atoms with Crippen LogP contribution in [0.25, 0.3) is 33.4 Å². The highest BCUT2D eigenvalue weighted by molar-refractivity contribution is 5.98. The summed E-state index contributed by atoms with van der Waals surface area (Å²) in [6, 6.07) is 15.5. The number of nitrogens with one attached hydrogen (secondary N) is 1. The van der Waals surface area contributed by atoms with Crippen molar-refractivity contribution in [1.29, 1.82) is 0 Å². The number of likely N-dealkylation sites (N-methyl/N-ethyl adjacent to an activating group) is 1. The van der Waals surface area contributed by atoms with Gasteiger partial charge in [-0.15, -0.1) is 0 Å². The summed E-state index contributed by atoms with van der Waals surface area (Å²) < 4.78 is 7.97. The van der Waals surface area contributed by atoms with Crippen LogP contribution >= 0.6 is 0 Å². The van der Waals surface area contributed by atoms with E-state index >= 15 is 0 Å². The number of hydrogen-bond donors (Lipinski definition) is 2. The summed E-state index contributed by atoms with van der Waals surface area (Å²) in [5, 5.41) is 9.19. The molecule has 3 N–H and O–H groups in total. The molecule has 10 nitrogen and oxygen atoms in total. The number of piperazine rings is 1. The van der Waals surface area contributed by atoms with Gasteiger partial charge in [-0.2, -0.15) is 10.1 Å². The van der Waals surface area contributed by atoms with Crippen LogP contribution in [-0.2, 0) is 0 Å². The minimum absolute atomic E-state index is 0.304. The van der Waals surface area contributed by atoms with Gasteiger partial charge in [0, 0.05) is 43.5 Å². The standard InChI is InChI=1S/C30H35N9O/c1-19-3-12-25-24(17-19)35-30(40-25)34-21-6-4-20(5-7-21)27-26-28(31)32-18-33-29(26)39(36-27)23-10-8-22(9-11-23)38-15-13-37(2)14-16-38/h3-7,12,17-18,22-23H,8-11,13-16H2,1-2H3,(H,34,35)(H2,31,32,33)/t22-,23+. The molecule has 40 heavy (non-hydrogen) atoms. The molecule has 10 heteroatoms. The van der Waals surface area contributed by atoms with E-state index in [1.807, 2.05) is 49.4 Å². The Morgan fingerprint density at radius 3 is 2.45 bits per heavy atom. The fraction of sp³-hybridized carbons (Fsp3) is 0.400. The molecule has 1 saturated heterocycles. The molecule has 0 amide bonds. The number of nitrogen functional groups attached to an aromatic ring is 1. The van der Waals surface area contributed by atoms with Gasteiger partial charge in [-0.25, -0.2) is 14.6 Å². The highest BCUT2D eigenvalue weighted by Crippen LogP contribution is 2.37. The Bertz CT molecular complexity index is 1640. The van der Waals surface area contributed by atoms with Crippen molar-refractivity contribution in [2.45, 2.75) is 44.7 Å². The molecule has 0 spiro atoms. The van der Waals surface area contributed by atoms with Gasteiger partial charge in [0.05, 0.1) is 11.4 Å². The zero-order valence-electron chi connectivity index (χ0n) is 23.0. The van der Waals surface area contributed by atoms with Crippen molar-refractivity contribution in [2.75, 3.05) is 44.3 Å². The number of aromatic nitrogens is 5. The Morgan fingerprint density at radius 2 is 1.68 bits per heavy atom. The molecule has 4 heterocycles. The minimum atomic E-state index is 0.304. The lowest BCUT2D eigenvalue weighted by atomic mass is 9.90. The van der Waals surface area contributed by atoms with Gasteiger partial charge in [0.15, 0.2) is 11.2 Å². The topological polar surface area (TPSA) is 114 Å². The van der Waals surface area contributed by atoms with Crippen molar-refractivity contribution in [1.82, 2.24) is 34.5 Å². The molecule has 3 aromatic heterocycles. The first-order valence-corrected chi connectivity index (χ1v) is 14.2. The van der Waals surface area contributed by atoms with Crippen LogP contribution in [0, 0.1) is 6.92 Å². The molecular weight excluding hydrogens is 502 g/mol. The molecule has 0 radical (unpaired) electrons. The predicted octanol–water partition coefficient (Wildman–Crippen LogP) is 5.00. The van der Waals surface area contributed by atoms with E-state index in [1.165, 1.54) is 25.9 Å². The molecule has 0 unspecified atom stereocenters. The Balaban J connectivity index is 1.12. The maximum atomic E-state index is 6.40. The molecule has 206 valence electrons. The average molecular weight is 538 g/mol. The lowest BCUT2D eigenvalue weighted by Gasteiger charge is -2.41. The van der Waals surface area contributed by atoms with E-state index in [0.29, 0.717) is 23.9 Å². The van der Waals surface area contributed by atoms with Crippen LogP contribution in [-0.4, -0.2) is 73.8 Å². The van der Waals surface area contributed by atoms with E-state index in [9.17, 15) is 0 Å². The fourth-order valence-corrected chi connectivity index (χ4v) is 6.23. The number of fused-ring (bicyclic) bond motifs is 2. The smallest absolute Gasteiger partial charge is 0.300 e. The van der Waals surface area contributed by atoms with Crippen molar-refractivity contribution >= 4 is 39.7 Å². The van der Waals surface area contributed by atoms with Crippen LogP contribution in [0.2, 0.25) is 0 Å². The third kappa shape index (κ3) is 4.67. The summed E-state index contributed by atoms with van der Waals surface area (Å²) in [4.78, 5) is 18.6. The van der Waals surface area contributed by atoms with Gasteiger partial charge in [0.1, 0.15) is 23.4 Å². The molecule has 2 aliphatic rings. The molecular formula is C30H35N9O. The van der Waals surface area contributed by atoms with Crippen LogP contribution in [0.15, 0.2) is 53.2 Å². The summed E-state index contributed by atoms with van der Waals surface area (Å²) in [5.74, 6) is 0.460. The first kappa shape index (κ1) is 25.0. The zero-order chi connectivity index (χ0) is 27.2. The summed E-state index contributed by atoms with van der Waals surface area (Å²) in [7, 11) is 2.21.